The topological polar surface area (TPSA) is 52.7 Å². The predicted octanol–water partition coefficient (Wildman–Crippen LogP) is 2.95. The Bertz CT molecular complexity index is 844. The standard InChI is InChI=1S/C20H29N3O2S/c1-15-7-12-19(13-16(15)2)26(24,25)21-14-20(23(5)6)17-8-10-18(11-9-17)22(3)4/h7-13,20-21H,14H2,1-6H3/t20-/m1/s1. The SMILES string of the molecule is Cc1ccc(S(=O)(=O)NC[C@H](c2ccc(N(C)C)cc2)N(C)C)cc1C. The smallest absolute Gasteiger partial charge is 0.240 e. The zero-order valence-electron chi connectivity index (χ0n) is 16.4. The van der Waals surface area contributed by atoms with E-state index in [1.54, 1.807) is 12.1 Å². The summed E-state index contributed by atoms with van der Waals surface area (Å²) in [7, 11) is 4.36. The molecular weight excluding hydrogens is 346 g/mol. The maximum atomic E-state index is 12.7. The minimum atomic E-state index is -3.54. The number of sulfonamides is 1. The van der Waals surface area contributed by atoms with Gasteiger partial charge in [0, 0.05) is 32.4 Å². The normalized spacial score (nSPS) is 13.0. The van der Waals surface area contributed by atoms with E-state index in [1.165, 1.54) is 0 Å². The first-order chi connectivity index (χ1) is 12.1. The van der Waals surface area contributed by atoms with Crippen LogP contribution in [0.1, 0.15) is 22.7 Å². The molecule has 0 radical (unpaired) electrons. The van der Waals surface area contributed by atoms with E-state index in [2.05, 4.69) is 4.72 Å². The number of aryl methyl sites for hydroxylation is 2. The Kier molecular flexibility index (Phi) is 6.44. The van der Waals surface area contributed by atoms with Gasteiger partial charge in [0.1, 0.15) is 0 Å². The van der Waals surface area contributed by atoms with E-state index in [4.69, 9.17) is 0 Å². The largest absolute Gasteiger partial charge is 0.378 e. The molecule has 0 unspecified atom stereocenters. The van der Waals surface area contributed by atoms with Gasteiger partial charge in [0.05, 0.1) is 4.90 Å². The lowest BCUT2D eigenvalue weighted by Gasteiger charge is -2.26. The van der Waals surface area contributed by atoms with Crippen molar-refractivity contribution in [1.82, 2.24) is 9.62 Å². The van der Waals surface area contributed by atoms with Gasteiger partial charge in [0.15, 0.2) is 0 Å². The number of rotatable bonds is 7. The summed E-state index contributed by atoms with van der Waals surface area (Å²) in [5.74, 6) is 0. The molecule has 0 fully saturated rings. The van der Waals surface area contributed by atoms with Gasteiger partial charge in [-0.15, -0.1) is 0 Å². The van der Waals surface area contributed by atoms with E-state index >= 15 is 0 Å². The van der Waals surface area contributed by atoms with Crippen LogP contribution in [-0.4, -0.2) is 48.1 Å². The third-order valence-corrected chi connectivity index (χ3v) is 6.09. The molecule has 1 N–H and O–H groups in total. The monoisotopic (exact) mass is 375 g/mol. The average molecular weight is 376 g/mol. The fraction of sp³-hybridized carbons (Fsp3) is 0.400. The summed E-state index contributed by atoms with van der Waals surface area (Å²) in [4.78, 5) is 4.37. The molecule has 142 valence electrons. The van der Waals surface area contributed by atoms with Crippen molar-refractivity contribution in [3.8, 4) is 0 Å². The molecule has 26 heavy (non-hydrogen) atoms. The number of benzene rings is 2. The highest BCUT2D eigenvalue weighted by molar-refractivity contribution is 7.89. The van der Waals surface area contributed by atoms with Crippen LogP contribution in [0.3, 0.4) is 0 Å². The molecule has 0 amide bonds. The number of likely N-dealkylation sites (N-methyl/N-ethyl adjacent to an activating group) is 1. The Morgan fingerprint density at radius 3 is 2.04 bits per heavy atom. The molecule has 0 aliphatic heterocycles. The van der Waals surface area contributed by atoms with Crippen LogP contribution in [0.5, 0.6) is 0 Å². The Morgan fingerprint density at radius 2 is 1.54 bits per heavy atom. The highest BCUT2D eigenvalue weighted by Gasteiger charge is 2.20. The summed E-state index contributed by atoms with van der Waals surface area (Å²) in [6.07, 6.45) is 0. The van der Waals surface area contributed by atoms with Gasteiger partial charge in [0.2, 0.25) is 10.0 Å². The third-order valence-electron chi connectivity index (χ3n) is 4.67. The van der Waals surface area contributed by atoms with Crippen LogP contribution in [-0.2, 0) is 10.0 Å². The first kappa shape index (κ1) is 20.4. The summed E-state index contributed by atoms with van der Waals surface area (Å²) >= 11 is 0. The summed E-state index contributed by atoms with van der Waals surface area (Å²) in [5.41, 5.74) is 4.23. The lowest BCUT2D eigenvalue weighted by molar-refractivity contribution is 0.299. The number of nitrogens with zero attached hydrogens (tertiary/aromatic N) is 2. The van der Waals surface area contributed by atoms with Gasteiger partial charge in [-0.1, -0.05) is 18.2 Å². The molecule has 6 heteroatoms. The van der Waals surface area contributed by atoms with Crippen LogP contribution in [0.4, 0.5) is 5.69 Å². The first-order valence-corrected chi connectivity index (χ1v) is 10.1. The van der Waals surface area contributed by atoms with Gasteiger partial charge >= 0.3 is 0 Å². The minimum Gasteiger partial charge on any atom is -0.378 e. The van der Waals surface area contributed by atoms with Crippen molar-refractivity contribution in [2.45, 2.75) is 24.8 Å². The Hall–Kier alpha value is -1.89. The quantitative estimate of drug-likeness (QED) is 0.808. The van der Waals surface area contributed by atoms with Crippen LogP contribution in [0.15, 0.2) is 47.4 Å². The maximum Gasteiger partial charge on any atom is 0.240 e. The van der Waals surface area contributed by atoms with Gasteiger partial charge in [-0.05, 0) is 68.9 Å². The van der Waals surface area contributed by atoms with Gasteiger partial charge in [-0.3, -0.25) is 0 Å². The van der Waals surface area contributed by atoms with Crippen molar-refractivity contribution in [2.24, 2.45) is 0 Å². The molecule has 0 bridgehead atoms. The molecular formula is C20H29N3O2S. The van der Waals surface area contributed by atoms with Crippen molar-refractivity contribution in [1.29, 1.82) is 0 Å². The molecule has 1 atom stereocenters. The first-order valence-electron chi connectivity index (χ1n) is 8.62. The van der Waals surface area contributed by atoms with Crippen molar-refractivity contribution in [3.63, 3.8) is 0 Å². The second kappa shape index (κ2) is 8.20. The second-order valence-corrected chi connectivity index (χ2v) is 8.83. The summed E-state index contributed by atoms with van der Waals surface area (Å²) in [6, 6.07) is 13.3. The number of hydrogen-bond acceptors (Lipinski definition) is 4. The molecule has 2 rings (SSSR count). The van der Waals surface area contributed by atoms with E-state index < -0.39 is 10.0 Å². The van der Waals surface area contributed by atoms with E-state index in [1.807, 2.05) is 82.2 Å². The van der Waals surface area contributed by atoms with Crippen molar-refractivity contribution in [2.75, 3.05) is 39.6 Å². The van der Waals surface area contributed by atoms with Gasteiger partial charge in [-0.25, -0.2) is 13.1 Å². The molecule has 0 aliphatic carbocycles. The highest BCUT2D eigenvalue weighted by Crippen LogP contribution is 2.22. The molecule has 0 spiro atoms. The van der Waals surface area contributed by atoms with Crippen molar-refractivity contribution < 1.29 is 8.42 Å². The second-order valence-electron chi connectivity index (χ2n) is 7.06. The van der Waals surface area contributed by atoms with Gasteiger partial charge < -0.3 is 9.80 Å². The van der Waals surface area contributed by atoms with Gasteiger partial charge in [0.25, 0.3) is 0 Å². The van der Waals surface area contributed by atoms with E-state index in [0.717, 1.165) is 22.4 Å². The maximum absolute atomic E-state index is 12.7. The third kappa shape index (κ3) is 4.84. The molecule has 2 aromatic rings. The zero-order valence-corrected chi connectivity index (χ0v) is 17.3. The fourth-order valence-corrected chi connectivity index (χ4v) is 3.87. The minimum absolute atomic E-state index is 0.0486. The molecule has 5 nitrogen and oxygen atoms in total. The number of nitrogens with one attached hydrogen (secondary N) is 1. The molecule has 0 saturated heterocycles. The van der Waals surface area contributed by atoms with E-state index in [0.29, 0.717) is 11.4 Å². The average Bonchev–Trinajstić information content (AvgIpc) is 2.57. The van der Waals surface area contributed by atoms with Crippen molar-refractivity contribution >= 4 is 15.7 Å². The molecule has 0 aromatic heterocycles. The Labute approximate surface area is 157 Å². The van der Waals surface area contributed by atoms with Gasteiger partial charge in [-0.2, -0.15) is 0 Å². The Morgan fingerprint density at radius 1 is 0.923 bits per heavy atom. The lowest BCUT2D eigenvalue weighted by atomic mass is 10.1. The molecule has 0 heterocycles. The predicted molar refractivity (Wildman–Crippen MR) is 108 cm³/mol. The zero-order chi connectivity index (χ0) is 19.5. The van der Waals surface area contributed by atoms with Crippen LogP contribution < -0.4 is 9.62 Å². The molecule has 0 aliphatic rings. The van der Waals surface area contributed by atoms with Crippen LogP contribution in [0.2, 0.25) is 0 Å². The van der Waals surface area contributed by atoms with Crippen LogP contribution in [0.25, 0.3) is 0 Å². The molecule has 0 saturated carbocycles. The van der Waals surface area contributed by atoms with Crippen LogP contribution >= 0.6 is 0 Å². The Balaban J connectivity index is 2.18. The highest BCUT2D eigenvalue weighted by atomic mass is 32.2. The van der Waals surface area contributed by atoms with E-state index in [9.17, 15) is 8.42 Å². The summed E-state index contributed by atoms with van der Waals surface area (Å²) < 4.78 is 28.1. The fourth-order valence-electron chi connectivity index (χ4n) is 2.75. The molecule has 2 aromatic carbocycles. The lowest BCUT2D eigenvalue weighted by Crippen LogP contribution is -2.34. The summed E-state index contributed by atoms with van der Waals surface area (Å²) in [5, 5.41) is 0. The van der Waals surface area contributed by atoms with E-state index in [-0.39, 0.29) is 6.04 Å². The van der Waals surface area contributed by atoms with Crippen LogP contribution in [0, 0.1) is 13.8 Å². The number of hydrogen-bond donors (Lipinski definition) is 1. The number of anilines is 1. The van der Waals surface area contributed by atoms with Crippen molar-refractivity contribution in [3.05, 3.63) is 59.2 Å². The summed E-state index contributed by atoms with van der Waals surface area (Å²) in [6.45, 7) is 4.20.